The van der Waals surface area contributed by atoms with Crippen LogP contribution in [0.5, 0.6) is 0 Å². The molecule has 0 unspecified atom stereocenters. The third-order valence-corrected chi connectivity index (χ3v) is 4.95. The van der Waals surface area contributed by atoms with E-state index in [4.69, 9.17) is 0 Å². The van der Waals surface area contributed by atoms with Gasteiger partial charge in [-0.1, -0.05) is 12.1 Å². The van der Waals surface area contributed by atoms with Crippen molar-refractivity contribution in [3.8, 4) is 0 Å². The molecule has 0 saturated heterocycles. The average molecular weight is 361 g/mol. The fourth-order valence-corrected chi connectivity index (χ4v) is 3.08. The van der Waals surface area contributed by atoms with Crippen molar-refractivity contribution in [1.82, 2.24) is 10.0 Å². The summed E-state index contributed by atoms with van der Waals surface area (Å²) >= 11 is 0. The lowest BCUT2D eigenvalue weighted by molar-refractivity contribution is 0.0981. The Morgan fingerprint density at radius 1 is 0.960 bits per heavy atom. The molecule has 0 aliphatic rings. The molecule has 7 nitrogen and oxygen atoms in total. The fraction of sp³-hybridized carbons (Fsp3) is 0.176. The van der Waals surface area contributed by atoms with E-state index in [2.05, 4.69) is 10.6 Å². The van der Waals surface area contributed by atoms with Gasteiger partial charge in [-0.05, 0) is 55.3 Å². The van der Waals surface area contributed by atoms with Crippen LogP contribution < -0.4 is 15.4 Å². The third kappa shape index (κ3) is 4.57. The van der Waals surface area contributed by atoms with Gasteiger partial charge in [-0.25, -0.2) is 17.9 Å². The van der Waals surface area contributed by atoms with Gasteiger partial charge in [0.1, 0.15) is 0 Å². The molecule has 8 heteroatoms. The number of hydrogen-bond acceptors (Lipinski definition) is 4. The summed E-state index contributed by atoms with van der Waals surface area (Å²) in [5, 5.41) is 4.84. The molecule has 2 rings (SSSR count). The van der Waals surface area contributed by atoms with Crippen LogP contribution in [0.15, 0.2) is 47.4 Å². The van der Waals surface area contributed by atoms with Crippen molar-refractivity contribution >= 4 is 27.6 Å². The Kier molecular flexibility index (Phi) is 5.43. The van der Waals surface area contributed by atoms with E-state index in [0.717, 1.165) is 11.1 Å². The number of urea groups is 1. The minimum Gasteiger partial charge on any atom is -0.341 e. The number of hydrogen-bond donors (Lipinski definition) is 3. The SMILES string of the molecule is CNC(=O)Nc1cccc(S(=O)(=O)NC(=O)c2ccc(C)c(C)c2)c1. The van der Waals surface area contributed by atoms with E-state index in [1.807, 2.05) is 18.6 Å². The highest BCUT2D eigenvalue weighted by molar-refractivity contribution is 7.90. The van der Waals surface area contributed by atoms with Gasteiger partial charge in [0.2, 0.25) is 0 Å². The van der Waals surface area contributed by atoms with E-state index in [9.17, 15) is 18.0 Å². The quantitative estimate of drug-likeness (QED) is 0.776. The normalized spacial score (nSPS) is 10.8. The Hall–Kier alpha value is -2.87. The zero-order chi connectivity index (χ0) is 18.6. The zero-order valence-corrected chi connectivity index (χ0v) is 14.9. The van der Waals surface area contributed by atoms with Gasteiger partial charge in [0.15, 0.2) is 0 Å². The third-order valence-electron chi connectivity index (χ3n) is 3.63. The first-order valence-electron chi connectivity index (χ1n) is 7.46. The van der Waals surface area contributed by atoms with E-state index >= 15 is 0 Å². The summed E-state index contributed by atoms with van der Waals surface area (Å²) in [7, 11) is -2.62. The summed E-state index contributed by atoms with van der Waals surface area (Å²) in [5.74, 6) is -0.715. The Morgan fingerprint density at radius 3 is 2.32 bits per heavy atom. The first-order chi connectivity index (χ1) is 11.7. The molecular formula is C17H19N3O4S. The maximum absolute atomic E-state index is 12.4. The Labute approximate surface area is 146 Å². The Morgan fingerprint density at radius 2 is 1.68 bits per heavy atom. The first kappa shape index (κ1) is 18.5. The maximum atomic E-state index is 12.4. The number of aryl methyl sites for hydroxylation is 2. The molecule has 0 radical (unpaired) electrons. The largest absolute Gasteiger partial charge is 0.341 e. The van der Waals surface area contributed by atoms with Crippen LogP contribution in [0.25, 0.3) is 0 Å². The molecule has 0 saturated carbocycles. The minimum atomic E-state index is -4.07. The van der Waals surface area contributed by atoms with Gasteiger partial charge < -0.3 is 10.6 Å². The molecule has 0 fully saturated rings. The number of rotatable bonds is 4. The topological polar surface area (TPSA) is 104 Å². The van der Waals surface area contributed by atoms with Crippen molar-refractivity contribution in [2.45, 2.75) is 18.7 Å². The molecule has 0 atom stereocenters. The molecule has 0 heterocycles. The number of anilines is 1. The van der Waals surface area contributed by atoms with Gasteiger partial charge in [0.05, 0.1) is 4.90 Å². The number of sulfonamides is 1. The van der Waals surface area contributed by atoms with Crippen LogP contribution in [0.2, 0.25) is 0 Å². The molecule has 3 N–H and O–H groups in total. The molecule has 0 aliphatic carbocycles. The molecule has 2 aromatic rings. The monoisotopic (exact) mass is 361 g/mol. The summed E-state index contributed by atoms with van der Waals surface area (Å²) in [6, 6.07) is 10.1. The fourth-order valence-electron chi connectivity index (χ4n) is 2.06. The average Bonchev–Trinajstić information content (AvgIpc) is 2.57. The predicted octanol–water partition coefficient (Wildman–Crippen LogP) is 2.17. The van der Waals surface area contributed by atoms with Crippen LogP contribution in [0.4, 0.5) is 10.5 Å². The van der Waals surface area contributed by atoms with Gasteiger partial charge in [-0.3, -0.25) is 4.79 Å². The molecule has 3 amide bonds. The Balaban J connectivity index is 2.23. The van der Waals surface area contributed by atoms with E-state index in [-0.39, 0.29) is 10.5 Å². The van der Waals surface area contributed by atoms with Crippen LogP contribution in [0, 0.1) is 13.8 Å². The van der Waals surface area contributed by atoms with Crippen LogP contribution in [0.3, 0.4) is 0 Å². The molecule has 0 aliphatic heterocycles. The Bertz CT molecular complexity index is 923. The van der Waals surface area contributed by atoms with Crippen LogP contribution in [-0.4, -0.2) is 27.4 Å². The molecule has 2 aromatic carbocycles. The molecule has 25 heavy (non-hydrogen) atoms. The summed E-state index contributed by atoms with van der Waals surface area (Å²) in [6.07, 6.45) is 0. The maximum Gasteiger partial charge on any atom is 0.318 e. The van der Waals surface area contributed by atoms with E-state index < -0.39 is 22.0 Å². The zero-order valence-electron chi connectivity index (χ0n) is 14.1. The first-order valence-corrected chi connectivity index (χ1v) is 8.94. The van der Waals surface area contributed by atoms with E-state index in [1.54, 1.807) is 24.3 Å². The lowest BCUT2D eigenvalue weighted by atomic mass is 10.1. The van der Waals surface area contributed by atoms with Gasteiger partial charge in [-0.15, -0.1) is 0 Å². The molecule has 132 valence electrons. The van der Waals surface area contributed by atoms with Crippen molar-refractivity contribution in [2.75, 3.05) is 12.4 Å². The lowest BCUT2D eigenvalue weighted by Crippen LogP contribution is -2.31. The second-order valence-corrected chi connectivity index (χ2v) is 7.15. The van der Waals surface area contributed by atoms with Crippen molar-refractivity contribution < 1.29 is 18.0 Å². The lowest BCUT2D eigenvalue weighted by Gasteiger charge is -2.10. The van der Waals surface area contributed by atoms with Gasteiger partial charge in [0.25, 0.3) is 15.9 Å². The molecule has 0 aromatic heterocycles. The van der Waals surface area contributed by atoms with Crippen LogP contribution in [-0.2, 0) is 10.0 Å². The number of carbonyl (C=O) groups is 2. The molecule has 0 bridgehead atoms. The summed E-state index contributed by atoms with van der Waals surface area (Å²) < 4.78 is 26.9. The second-order valence-electron chi connectivity index (χ2n) is 5.47. The molecule has 0 spiro atoms. The van der Waals surface area contributed by atoms with Gasteiger partial charge in [-0.2, -0.15) is 0 Å². The number of carbonyl (C=O) groups excluding carboxylic acids is 2. The smallest absolute Gasteiger partial charge is 0.318 e. The highest BCUT2D eigenvalue weighted by atomic mass is 32.2. The van der Waals surface area contributed by atoms with Crippen LogP contribution >= 0.6 is 0 Å². The standard InChI is InChI=1S/C17H19N3O4S/c1-11-7-8-13(9-12(11)2)16(21)20-25(23,24)15-6-4-5-14(10-15)19-17(22)18-3/h4-10H,1-3H3,(H,20,21)(H2,18,19,22). The van der Waals surface area contributed by atoms with Gasteiger partial charge in [0, 0.05) is 18.3 Å². The summed E-state index contributed by atoms with van der Waals surface area (Å²) in [5.41, 5.74) is 2.45. The highest BCUT2D eigenvalue weighted by Crippen LogP contribution is 2.16. The van der Waals surface area contributed by atoms with Gasteiger partial charge >= 0.3 is 6.03 Å². The highest BCUT2D eigenvalue weighted by Gasteiger charge is 2.19. The number of benzene rings is 2. The van der Waals surface area contributed by atoms with Crippen molar-refractivity contribution in [3.63, 3.8) is 0 Å². The van der Waals surface area contributed by atoms with Crippen molar-refractivity contribution in [2.24, 2.45) is 0 Å². The van der Waals surface area contributed by atoms with Crippen molar-refractivity contribution in [3.05, 3.63) is 59.2 Å². The van der Waals surface area contributed by atoms with Crippen molar-refractivity contribution in [1.29, 1.82) is 0 Å². The predicted molar refractivity (Wildman–Crippen MR) is 95.1 cm³/mol. The second kappa shape index (κ2) is 7.35. The summed E-state index contributed by atoms with van der Waals surface area (Å²) in [6.45, 7) is 3.74. The van der Waals surface area contributed by atoms with E-state index in [1.165, 1.54) is 25.2 Å². The van der Waals surface area contributed by atoms with Crippen LogP contribution in [0.1, 0.15) is 21.5 Å². The van der Waals surface area contributed by atoms with E-state index in [0.29, 0.717) is 5.69 Å². The number of amides is 3. The summed E-state index contributed by atoms with van der Waals surface area (Å²) in [4.78, 5) is 23.4. The minimum absolute atomic E-state index is 0.126. The number of nitrogens with one attached hydrogen (secondary N) is 3. The molecular weight excluding hydrogens is 342 g/mol.